The van der Waals surface area contributed by atoms with E-state index in [1.165, 1.54) is 5.56 Å². The van der Waals surface area contributed by atoms with Gasteiger partial charge in [-0.15, -0.1) is 0 Å². The Balaban J connectivity index is 1.84. The number of nitrogens with zero attached hydrogens (tertiary/aromatic N) is 3. The molecule has 9 heteroatoms. The van der Waals surface area contributed by atoms with Gasteiger partial charge >= 0.3 is 0 Å². The van der Waals surface area contributed by atoms with E-state index in [4.69, 9.17) is 15.5 Å². The van der Waals surface area contributed by atoms with E-state index in [1.807, 2.05) is 0 Å². The number of sulfonamides is 1. The second kappa shape index (κ2) is 9.19. The second-order valence-corrected chi connectivity index (χ2v) is 9.35. The molecule has 8 nitrogen and oxygen atoms in total. The van der Waals surface area contributed by atoms with Gasteiger partial charge in [-0.1, -0.05) is 0 Å². The number of fused-ring (bicyclic) bond motifs is 3. The fraction of sp³-hybridized carbons (Fsp3) is 0.684. The smallest absolute Gasteiger partial charge is 0.211 e. The first-order valence-corrected chi connectivity index (χ1v) is 11.7. The molecular weight excluding hydrogens is 378 g/mol. The highest BCUT2D eigenvalue weighted by molar-refractivity contribution is 7.89. The number of aromatic nitrogens is 3. The van der Waals surface area contributed by atoms with E-state index in [2.05, 4.69) is 14.3 Å². The van der Waals surface area contributed by atoms with Gasteiger partial charge in [0.05, 0.1) is 17.9 Å². The largest absolute Gasteiger partial charge is 0.384 e. The van der Waals surface area contributed by atoms with E-state index < -0.39 is 10.0 Å². The van der Waals surface area contributed by atoms with Crippen LogP contribution in [0.25, 0.3) is 11.0 Å². The minimum Gasteiger partial charge on any atom is -0.384 e. The van der Waals surface area contributed by atoms with Crippen LogP contribution in [-0.4, -0.2) is 49.0 Å². The highest BCUT2D eigenvalue weighted by Crippen LogP contribution is 2.31. The van der Waals surface area contributed by atoms with Crippen molar-refractivity contribution >= 4 is 26.9 Å². The van der Waals surface area contributed by atoms with Crippen LogP contribution >= 0.6 is 0 Å². The standard InChI is InChI=1S/C19H31N5O3S/c1-3-28(25,26)21-11-6-7-12-24-16(10-13-27-2)23-17-18(24)14-8-4-5-9-15(14)22-19(17)20/h21H,3-13H2,1-2H3,(H2,20,22). The lowest BCUT2D eigenvalue weighted by atomic mass is 9.95. The van der Waals surface area contributed by atoms with Crippen molar-refractivity contribution in [2.75, 3.05) is 31.7 Å². The Morgan fingerprint density at radius 2 is 2.00 bits per heavy atom. The quantitative estimate of drug-likeness (QED) is 0.579. The van der Waals surface area contributed by atoms with Gasteiger partial charge in [-0.05, 0) is 51.0 Å². The Morgan fingerprint density at radius 1 is 1.21 bits per heavy atom. The summed E-state index contributed by atoms with van der Waals surface area (Å²) in [6, 6.07) is 0. The van der Waals surface area contributed by atoms with E-state index in [-0.39, 0.29) is 5.75 Å². The number of pyridine rings is 1. The lowest BCUT2D eigenvalue weighted by Crippen LogP contribution is -2.26. The number of nitrogens with two attached hydrogens (primary N) is 1. The number of ether oxygens (including phenoxy) is 1. The van der Waals surface area contributed by atoms with E-state index in [9.17, 15) is 8.42 Å². The van der Waals surface area contributed by atoms with Gasteiger partial charge in [-0.25, -0.2) is 23.1 Å². The number of hydrogen-bond acceptors (Lipinski definition) is 6. The van der Waals surface area contributed by atoms with E-state index >= 15 is 0 Å². The molecule has 2 aromatic heterocycles. The molecule has 1 aliphatic carbocycles. The minimum absolute atomic E-state index is 0.110. The molecule has 0 saturated heterocycles. The fourth-order valence-electron chi connectivity index (χ4n) is 3.80. The van der Waals surface area contributed by atoms with Crippen molar-refractivity contribution in [1.82, 2.24) is 19.3 Å². The van der Waals surface area contributed by atoms with Gasteiger partial charge in [0.2, 0.25) is 10.0 Å². The molecule has 1 aliphatic rings. The summed E-state index contributed by atoms with van der Waals surface area (Å²) in [4.78, 5) is 9.41. The van der Waals surface area contributed by atoms with Gasteiger partial charge in [0.1, 0.15) is 11.3 Å². The van der Waals surface area contributed by atoms with Gasteiger partial charge in [-0.3, -0.25) is 0 Å². The zero-order valence-corrected chi connectivity index (χ0v) is 17.6. The van der Waals surface area contributed by atoms with Crippen LogP contribution in [0, 0.1) is 0 Å². The normalized spacial score (nSPS) is 14.5. The Morgan fingerprint density at radius 3 is 2.75 bits per heavy atom. The maximum Gasteiger partial charge on any atom is 0.211 e. The molecular formula is C19H31N5O3S. The summed E-state index contributed by atoms with van der Waals surface area (Å²) >= 11 is 0. The molecule has 2 heterocycles. The van der Waals surface area contributed by atoms with Crippen LogP contribution in [0.2, 0.25) is 0 Å². The zero-order chi connectivity index (χ0) is 20.1. The summed E-state index contributed by atoms with van der Waals surface area (Å²) in [5.74, 6) is 1.57. The molecule has 3 rings (SSSR count). The predicted molar refractivity (Wildman–Crippen MR) is 111 cm³/mol. The van der Waals surface area contributed by atoms with Crippen molar-refractivity contribution in [3.8, 4) is 0 Å². The summed E-state index contributed by atoms with van der Waals surface area (Å²) < 4.78 is 33.3. The SMILES string of the molecule is CCS(=O)(=O)NCCCCn1c(CCOC)nc2c(N)nc3c(c21)CCCC3. The molecule has 0 radical (unpaired) electrons. The van der Waals surface area contributed by atoms with E-state index in [0.717, 1.165) is 67.6 Å². The molecule has 156 valence electrons. The van der Waals surface area contributed by atoms with Gasteiger partial charge in [-0.2, -0.15) is 0 Å². The van der Waals surface area contributed by atoms with Gasteiger partial charge in [0.15, 0.2) is 5.82 Å². The third kappa shape index (κ3) is 4.64. The number of rotatable bonds is 10. The van der Waals surface area contributed by atoms with Crippen LogP contribution < -0.4 is 10.5 Å². The molecule has 3 N–H and O–H groups in total. The zero-order valence-electron chi connectivity index (χ0n) is 16.8. The molecule has 0 aliphatic heterocycles. The maximum absolute atomic E-state index is 11.6. The number of unbranched alkanes of at least 4 members (excludes halogenated alkanes) is 1. The van der Waals surface area contributed by atoms with Crippen molar-refractivity contribution in [1.29, 1.82) is 0 Å². The predicted octanol–water partition coefficient (Wildman–Crippen LogP) is 1.80. The third-order valence-corrected chi connectivity index (χ3v) is 6.71. The van der Waals surface area contributed by atoms with Crippen LogP contribution in [-0.2, 0) is 40.6 Å². The van der Waals surface area contributed by atoms with Crippen molar-refractivity contribution in [2.24, 2.45) is 0 Å². The number of nitrogens with one attached hydrogen (secondary N) is 1. The van der Waals surface area contributed by atoms with Crippen molar-refractivity contribution in [2.45, 2.75) is 58.4 Å². The Bertz CT molecular complexity index is 924. The van der Waals surface area contributed by atoms with Crippen LogP contribution in [0.3, 0.4) is 0 Å². The molecule has 0 amide bonds. The van der Waals surface area contributed by atoms with Gasteiger partial charge in [0, 0.05) is 32.3 Å². The number of hydrogen-bond donors (Lipinski definition) is 2. The number of nitrogen functional groups attached to an aromatic ring is 1. The van der Waals surface area contributed by atoms with Crippen molar-refractivity contribution in [3.63, 3.8) is 0 Å². The molecule has 0 saturated carbocycles. The van der Waals surface area contributed by atoms with E-state index in [1.54, 1.807) is 14.0 Å². The first-order valence-electron chi connectivity index (χ1n) is 10.1. The monoisotopic (exact) mass is 409 g/mol. The summed E-state index contributed by atoms with van der Waals surface area (Å²) in [5, 5.41) is 0. The Labute approximate surface area is 166 Å². The fourth-order valence-corrected chi connectivity index (χ4v) is 4.46. The Kier molecular flexibility index (Phi) is 6.90. The minimum atomic E-state index is -3.14. The van der Waals surface area contributed by atoms with Crippen LogP contribution in [0.5, 0.6) is 0 Å². The number of methoxy groups -OCH3 is 1. The van der Waals surface area contributed by atoms with Crippen LogP contribution in [0.15, 0.2) is 0 Å². The first kappa shape index (κ1) is 21.0. The molecule has 0 spiro atoms. The summed E-state index contributed by atoms with van der Waals surface area (Å²) in [6.45, 7) is 3.47. The van der Waals surface area contributed by atoms with Crippen LogP contribution in [0.1, 0.15) is 49.7 Å². The molecule has 0 bridgehead atoms. The second-order valence-electron chi connectivity index (χ2n) is 7.25. The van der Waals surface area contributed by atoms with Gasteiger partial charge in [0.25, 0.3) is 0 Å². The topological polar surface area (TPSA) is 112 Å². The first-order chi connectivity index (χ1) is 13.5. The summed E-state index contributed by atoms with van der Waals surface area (Å²) in [7, 11) is -1.45. The molecule has 0 fully saturated rings. The highest BCUT2D eigenvalue weighted by atomic mass is 32.2. The third-order valence-electron chi connectivity index (χ3n) is 5.31. The number of anilines is 1. The lowest BCUT2D eigenvalue weighted by Gasteiger charge is -2.18. The molecule has 28 heavy (non-hydrogen) atoms. The average Bonchev–Trinajstić information content (AvgIpc) is 3.05. The van der Waals surface area contributed by atoms with Crippen molar-refractivity contribution in [3.05, 3.63) is 17.1 Å². The lowest BCUT2D eigenvalue weighted by molar-refractivity contribution is 0.199. The average molecular weight is 410 g/mol. The van der Waals surface area contributed by atoms with Gasteiger partial charge < -0.3 is 15.0 Å². The number of imidazole rings is 1. The van der Waals surface area contributed by atoms with E-state index in [0.29, 0.717) is 25.4 Å². The van der Waals surface area contributed by atoms with Crippen molar-refractivity contribution < 1.29 is 13.2 Å². The summed E-state index contributed by atoms with van der Waals surface area (Å²) in [5.41, 5.74) is 10.5. The molecule has 0 unspecified atom stereocenters. The number of aryl methyl sites for hydroxylation is 3. The maximum atomic E-state index is 11.6. The summed E-state index contributed by atoms with van der Waals surface area (Å²) in [6.07, 6.45) is 6.61. The highest BCUT2D eigenvalue weighted by Gasteiger charge is 2.22. The molecule has 0 aromatic carbocycles. The Hall–Kier alpha value is -1.71. The van der Waals surface area contributed by atoms with Crippen LogP contribution in [0.4, 0.5) is 5.82 Å². The molecule has 2 aromatic rings. The molecule has 0 atom stereocenters.